The van der Waals surface area contributed by atoms with E-state index in [1.165, 1.54) is 44.5 Å². The highest BCUT2D eigenvalue weighted by Crippen LogP contribution is 2.44. The monoisotopic (exact) mass is 320 g/mol. The summed E-state index contributed by atoms with van der Waals surface area (Å²) in [5.41, 5.74) is 1.84. The van der Waals surface area contributed by atoms with Crippen molar-refractivity contribution in [3.63, 3.8) is 0 Å². The number of hydrogen-bond donors (Lipinski definition) is 0. The SMILES string of the molecule is COC[C@H]1CC2(CCN(Cc3cnn(C)c3)CC2)CN1C(C)C. The van der Waals surface area contributed by atoms with Gasteiger partial charge in [0.2, 0.25) is 0 Å². The van der Waals surface area contributed by atoms with E-state index < -0.39 is 0 Å². The van der Waals surface area contributed by atoms with Crippen LogP contribution >= 0.6 is 0 Å². The van der Waals surface area contributed by atoms with Gasteiger partial charge in [-0.05, 0) is 51.6 Å². The minimum Gasteiger partial charge on any atom is -0.383 e. The van der Waals surface area contributed by atoms with E-state index in [1.807, 2.05) is 25.0 Å². The van der Waals surface area contributed by atoms with E-state index >= 15 is 0 Å². The quantitative estimate of drug-likeness (QED) is 0.832. The van der Waals surface area contributed by atoms with E-state index in [-0.39, 0.29) is 0 Å². The van der Waals surface area contributed by atoms with E-state index in [2.05, 4.69) is 34.9 Å². The summed E-state index contributed by atoms with van der Waals surface area (Å²) < 4.78 is 7.38. The molecule has 0 aliphatic carbocycles. The summed E-state index contributed by atoms with van der Waals surface area (Å²) in [5.74, 6) is 0. The van der Waals surface area contributed by atoms with Crippen molar-refractivity contribution < 1.29 is 4.74 Å². The number of aryl methyl sites for hydroxylation is 1. The van der Waals surface area contributed by atoms with Crippen molar-refractivity contribution in [3.05, 3.63) is 18.0 Å². The number of rotatable bonds is 5. The first kappa shape index (κ1) is 16.9. The highest BCUT2D eigenvalue weighted by molar-refractivity contribution is 5.05. The third-order valence-electron chi connectivity index (χ3n) is 5.76. The van der Waals surface area contributed by atoms with Crippen molar-refractivity contribution in [3.8, 4) is 0 Å². The number of aromatic nitrogens is 2. The normalized spacial score (nSPS) is 25.7. The molecule has 0 radical (unpaired) electrons. The molecule has 0 aromatic carbocycles. The Morgan fingerprint density at radius 1 is 1.35 bits per heavy atom. The van der Waals surface area contributed by atoms with Crippen LogP contribution in [0.15, 0.2) is 12.4 Å². The van der Waals surface area contributed by atoms with Gasteiger partial charge in [0.25, 0.3) is 0 Å². The molecule has 2 fully saturated rings. The maximum atomic E-state index is 5.48. The van der Waals surface area contributed by atoms with Crippen LogP contribution in [0.5, 0.6) is 0 Å². The average Bonchev–Trinajstić information content (AvgIpc) is 3.07. The van der Waals surface area contributed by atoms with Gasteiger partial charge in [0.15, 0.2) is 0 Å². The zero-order valence-electron chi connectivity index (χ0n) is 15.2. The molecule has 3 rings (SSSR count). The fourth-order valence-electron chi connectivity index (χ4n) is 4.51. The van der Waals surface area contributed by atoms with Crippen molar-refractivity contribution in [2.75, 3.05) is 33.4 Å². The van der Waals surface area contributed by atoms with E-state index in [0.29, 0.717) is 17.5 Å². The van der Waals surface area contributed by atoms with Gasteiger partial charge in [-0.15, -0.1) is 0 Å². The van der Waals surface area contributed by atoms with Crippen LogP contribution in [-0.2, 0) is 18.3 Å². The molecule has 5 nitrogen and oxygen atoms in total. The molecule has 1 aromatic heterocycles. The summed E-state index contributed by atoms with van der Waals surface area (Å²) in [5, 5.41) is 4.28. The molecule has 1 aromatic rings. The lowest BCUT2D eigenvalue weighted by Gasteiger charge is -2.39. The average molecular weight is 320 g/mol. The van der Waals surface area contributed by atoms with Crippen LogP contribution in [0.2, 0.25) is 0 Å². The Kier molecular flexibility index (Phi) is 5.09. The topological polar surface area (TPSA) is 33.5 Å². The van der Waals surface area contributed by atoms with Gasteiger partial charge >= 0.3 is 0 Å². The Labute approximate surface area is 140 Å². The zero-order valence-corrected chi connectivity index (χ0v) is 15.2. The number of nitrogens with zero attached hydrogens (tertiary/aromatic N) is 4. The Hall–Kier alpha value is -0.910. The predicted octanol–water partition coefficient (Wildman–Crippen LogP) is 2.13. The molecule has 130 valence electrons. The summed E-state index contributed by atoms with van der Waals surface area (Å²) in [6.45, 7) is 10.2. The molecule has 3 heterocycles. The zero-order chi connectivity index (χ0) is 16.4. The molecule has 0 bridgehead atoms. The number of ether oxygens (including phenoxy) is 1. The third-order valence-corrected chi connectivity index (χ3v) is 5.76. The van der Waals surface area contributed by atoms with Crippen LogP contribution in [0.1, 0.15) is 38.7 Å². The predicted molar refractivity (Wildman–Crippen MR) is 92.3 cm³/mol. The lowest BCUT2D eigenvalue weighted by atomic mass is 9.76. The second-order valence-corrected chi connectivity index (χ2v) is 7.88. The van der Waals surface area contributed by atoms with Gasteiger partial charge in [-0.3, -0.25) is 14.5 Å². The van der Waals surface area contributed by atoms with E-state index in [9.17, 15) is 0 Å². The Morgan fingerprint density at radius 2 is 2.09 bits per heavy atom. The van der Waals surface area contributed by atoms with Crippen LogP contribution in [0, 0.1) is 5.41 Å². The van der Waals surface area contributed by atoms with Crippen LogP contribution in [0.3, 0.4) is 0 Å². The van der Waals surface area contributed by atoms with Gasteiger partial charge in [0, 0.05) is 51.1 Å². The fourth-order valence-corrected chi connectivity index (χ4v) is 4.51. The molecule has 0 unspecified atom stereocenters. The summed E-state index contributed by atoms with van der Waals surface area (Å²) in [6, 6.07) is 1.22. The maximum absolute atomic E-state index is 5.48. The molecule has 5 heteroatoms. The minimum atomic E-state index is 0.513. The molecule has 0 saturated carbocycles. The molecular formula is C18H32N4O. The smallest absolute Gasteiger partial charge is 0.0618 e. The van der Waals surface area contributed by atoms with Crippen molar-refractivity contribution in [2.24, 2.45) is 12.5 Å². The van der Waals surface area contributed by atoms with E-state index in [4.69, 9.17) is 4.74 Å². The van der Waals surface area contributed by atoms with Gasteiger partial charge in [-0.2, -0.15) is 5.10 Å². The standard InChI is InChI=1S/C18H32N4O/c1-15(2)22-14-18(9-17(22)13-23-4)5-7-21(8-6-18)12-16-10-19-20(3)11-16/h10-11,15,17H,5-9,12-14H2,1-4H3/t17-/m1/s1. The molecule has 1 spiro atoms. The molecule has 2 aliphatic heterocycles. The van der Waals surface area contributed by atoms with Gasteiger partial charge in [0.1, 0.15) is 0 Å². The van der Waals surface area contributed by atoms with E-state index in [0.717, 1.165) is 13.2 Å². The highest BCUT2D eigenvalue weighted by atomic mass is 16.5. The minimum absolute atomic E-state index is 0.513. The van der Waals surface area contributed by atoms with Gasteiger partial charge < -0.3 is 4.74 Å². The summed E-state index contributed by atoms with van der Waals surface area (Å²) in [4.78, 5) is 5.26. The Balaban J connectivity index is 1.57. The first-order valence-corrected chi connectivity index (χ1v) is 8.96. The largest absolute Gasteiger partial charge is 0.383 e. The second kappa shape index (κ2) is 6.91. The molecule has 23 heavy (non-hydrogen) atoms. The molecule has 0 N–H and O–H groups in total. The van der Waals surface area contributed by atoms with Crippen LogP contribution in [0.4, 0.5) is 0 Å². The highest BCUT2D eigenvalue weighted by Gasteiger charge is 2.45. The van der Waals surface area contributed by atoms with Gasteiger partial charge in [-0.25, -0.2) is 0 Å². The lowest BCUT2D eigenvalue weighted by Crippen LogP contribution is -2.42. The first-order chi connectivity index (χ1) is 11.0. The van der Waals surface area contributed by atoms with Gasteiger partial charge in [0.05, 0.1) is 12.8 Å². The number of likely N-dealkylation sites (tertiary alicyclic amines) is 2. The Morgan fingerprint density at radius 3 is 2.65 bits per heavy atom. The van der Waals surface area contributed by atoms with Crippen LogP contribution in [0.25, 0.3) is 0 Å². The molecule has 2 aliphatic rings. The molecular weight excluding hydrogens is 288 g/mol. The molecule has 2 saturated heterocycles. The second-order valence-electron chi connectivity index (χ2n) is 7.88. The van der Waals surface area contributed by atoms with Crippen LogP contribution in [-0.4, -0.2) is 65.0 Å². The van der Waals surface area contributed by atoms with Crippen molar-refractivity contribution >= 4 is 0 Å². The van der Waals surface area contributed by atoms with E-state index in [1.54, 1.807) is 0 Å². The van der Waals surface area contributed by atoms with Crippen LogP contribution < -0.4 is 0 Å². The van der Waals surface area contributed by atoms with Crippen molar-refractivity contribution in [1.82, 2.24) is 19.6 Å². The van der Waals surface area contributed by atoms with Crippen molar-refractivity contribution in [1.29, 1.82) is 0 Å². The van der Waals surface area contributed by atoms with Crippen molar-refractivity contribution in [2.45, 2.75) is 51.7 Å². The molecule has 1 atom stereocenters. The number of methoxy groups -OCH3 is 1. The number of piperidine rings is 1. The van der Waals surface area contributed by atoms with Gasteiger partial charge in [-0.1, -0.05) is 0 Å². The summed E-state index contributed by atoms with van der Waals surface area (Å²) >= 11 is 0. The molecule has 0 amide bonds. The summed E-state index contributed by atoms with van der Waals surface area (Å²) in [7, 11) is 3.82. The fraction of sp³-hybridized carbons (Fsp3) is 0.833. The third kappa shape index (κ3) is 3.78. The summed E-state index contributed by atoms with van der Waals surface area (Å²) in [6.07, 6.45) is 8.07. The number of hydrogen-bond acceptors (Lipinski definition) is 4. The first-order valence-electron chi connectivity index (χ1n) is 8.96. The maximum Gasteiger partial charge on any atom is 0.0618 e. The Bertz CT molecular complexity index is 505. The lowest BCUT2D eigenvalue weighted by molar-refractivity contribution is 0.0915.